The topological polar surface area (TPSA) is 49.3 Å². The Kier molecular flexibility index (Phi) is 4.46. The first-order valence-corrected chi connectivity index (χ1v) is 7.09. The molecule has 0 radical (unpaired) electrons. The highest BCUT2D eigenvalue weighted by Crippen LogP contribution is 2.21. The smallest absolute Gasteiger partial charge is 0.251 e. The molecule has 0 unspecified atom stereocenters. The number of carbonyl (C=O) groups excluding carboxylic acids is 1. The number of hydrogen-bond donors (Lipinski definition) is 2. The number of hydrogen-bond acceptors (Lipinski definition) is 3. The van der Waals surface area contributed by atoms with Crippen LogP contribution in [0.1, 0.15) is 38.1 Å². The average Bonchev–Trinajstić information content (AvgIpc) is 2.27. The standard InChI is InChI=1S/C14H21NO2S/c1-13(2,14(3,4)17)15-12(16)10-6-8-11(18-5)9-7-10/h6-9,17H,1-5H3,(H,15,16). The largest absolute Gasteiger partial charge is 0.388 e. The Labute approximate surface area is 113 Å². The van der Waals surface area contributed by atoms with Gasteiger partial charge in [-0.05, 0) is 58.2 Å². The molecule has 100 valence electrons. The van der Waals surface area contributed by atoms with Crippen LogP contribution >= 0.6 is 11.8 Å². The number of amides is 1. The third-order valence-electron chi connectivity index (χ3n) is 3.31. The third kappa shape index (κ3) is 3.50. The number of benzene rings is 1. The van der Waals surface area contributed by atoms with E-state index in [0.717, 1.165) is 4.90 Å². The normalized spacial score (nSPS) is 12.3. The lowest BCUT2D eigenvalue weighted by atomic mass is 9.86. The summed E-state index contributed by atoms with van der Waals surface area (Å²) in [5.41, 5.74) is -1.07. The van der Waals surface area contributed by atoms with Crippen LogP contribution in [0.4, 0.5) is 0 Å². The van der Waals surface area contributed by atoms with Crippen molar-refractivity contribution in [2.45, 2.75) is 43.7 Å². The number of thioether (sulfide) groups is 1. The highest BCUT2D eigenvalue weighted by molar-refractivity contribution is 7.98. The molecule has 0 atom stereocenters. The Balaban J connectivity index is 2.82. The first kappa shape index (κ1) is 15.1. The van der Waals surface area contributed by atoms with Gasteiger partial charge < -0.3 is 10.4 Å². The second kappa shape index (κ2) is 5.33. The van der Waals surface area contributed by atoms with Gasteiger partial charge in [-0.3, -0.25) is 4.79 Å². The van der Waals surface area contributed by atoms with Crippen LogP contribution in [0, 0.1) is 0 Å². The van der Waals surface area contributed by atoms with E-state index in [1.165, 1.54) is 0 Å². The van der Waals surface area contributed by atoms with Crippen molar-refractivity contribution in [3.05, 3.63) is 29.8 Å². The Bertz CT molecular complexity index is 418. The van der Waals surface area contributed by atoms with E-state index in [2.05, 4.69) is 5.32 Å². The molecule has 1 aromatic rings. The summed E-state index contributed by atoms with van der Waals surface area (Å²) in [5.74, 6) is -0.172. The summed E-state index contributed by atoms with van der Waals surface area (Å²) in [6.45, 7) is 6.98. The molecule has 0 aliphatic rings. The Hall–Kier alpha value is -1.00. The van der Waals surface area contributed by atoms with E-state index in [0.29, 0.717) is 5.56 Å². The van der Waals surface area contributed by atoms with Crippen LogP contribution in [0.3, 0.4) is 0 Å². The van der Waals surface area contributed by atoms with Crippen LogP contribution in [-0.2, 0) is 0 Å². The second-order valence-corrected chi connectivity index (χ2v) is 6.25. The van der Waals surface area contributed by atoms with Crippen molar-refractivity contribution in [1.29, 1.82) is 0 Å². The molecule has 0 bridgehead atoms. The lowest BCUT2D eigenvalue weighted by molar-refractivity contribution is -0.00292. The lowest BCUT2D eigenvalue weighted by Gasteiger charge is -2.38. The summed E-state index contributed by atoms with van der Waals surface area (Å²) < 4.78 is 0. The van der Waals surface area contributed by atoms with Gasteiger partial charge in [0.05, 0.1) is 11.1 Å². The molecule has 0 aromatic heterocycles. The maximum Gasteiger partial charge on any atom is 0.251 e. The van der Waals surface area contributed by atoms with Crippen molar-refractivity contribution in [3.8, 4) is 0 Å². The molecule has 1 amide bonds. The van der Waals surface area contributed by atoms with Gasteiger partial charge in [0, 0.05) is 10.5 Å². The zero-order valence-electron chi connectivity index (χ0n) is 11.6. The zero-order valence-corrected chi connectivity index (χ0v) is 12.4. The molecular weight excluding hydrogens is 246 g/mol. The van der Waals surface area contributed by atoms with Crippen molar-refractivity contribution in [1.82, 2.24) is 5.32 Å². The molecule has 18 heavy (non-hydrogen) atoms. The quantitative estimate of drug-likeness (QED) is 0.825. The minimum absolute atomic E-state index is 0.172. The lowest BCUT2D eigenvalue weighted by Crippen LogP contribution is -2.57. The fourth-order valence-corrected chi connectivity index (χ4v) is 1.66. The molecule has 0 aliphatic heterocycles. The van der Waals surface area contributed by atoms with Gasteiger partial charge in [-0.15, -0.1) is 11.8 Å². The van der Waals surface area contributed by atoms with Crippen molar-refractivity contribution >= 4 is 17.7 Å². The Morgan fingerprint density at radius 1 is 1.17 bits per heavy atom. The fourth-order valence-electron chi connectivity index (χ4n) is 1.25. The van der Waals surface area contributed by atoms with Crippen molar-refractivity contribution in [3.63, 3.8) is 0 Å². The summed E-state index contributed by atoms with van der Waals surface area (Å²) in [6, 6.07) is 7.41. The SMILES string of the molecule is CSc1ccc(C(=O)NC(C)(C)C(C)(C)O)cc1. The minimum Gasteiger partial charge on any atom is -0.388 e. The molecule has 4 heteroatoms. The van der Waals surface area contributed by atoms with E-state index in [9.17, 15) is 9.90 Å². The monoisotopic (exact) mass is 267 g/mol. The van der Waals surface area contributed by atoms with Crippen molar-refractivity contribution in [2.24, 2.45) is 0 Å². The van der Waals surface area contributed by atoms with Gasteiger partial charge in [0.1, 0.15) is 0 Å². The van der Waals surface area contributed by atoms with Gasteiger partial charge in [0.15, 0.2) is 0 Å². The summed E-state index contributed by atoms with van der Waals surface area (Å²) in [5, 5.41) is 12.9. The zero-order chi connectivity index (χ0) is 14.0. The molecule has 3 nitrogen and oxygen atoms in total. The second-order valence-electron chi connectivity index (χ2n) is 5.37. The van der Waals surface area contributed by atoms with Crippen LogP contribution in [0.25, 0.3) is 0 Å². The van der Waals surface area contributed by atoms with Crippen molar-refractivity contribution < 1.29 is 9.90 Å². The van der Waals surface area contributed by atoms with Crippen LogP contribution < -0.4 is 5.32 Å². The number of aliphatic hydroxyl groups is 1. The van der Waals surface area contributed by atoms with E-state index in [1.807, 2.05) is 18.4 Å². The highest BCUT2D eigenvalue weighted by atomic mass is 32.2. The molecule has 0 saturated heterocycles. The summed E-state index contributed by atoms with van der Waals surface area (Å²) in [7, 11) is 0. The van der Waals surface area contributed by atoms with E-state index in [4.69, 9.17) is 0 Å². The summed E-state index contributed by atoms with van der Waals surface area (Å²) >= 11 is 1.63. The minimum atomic E-state index is -0.984. The van der Waals surface area contributed by atoms with Gasteiger partial charge in [0.2, 0.25) is 0 Å². The molecule has 0 saturated carbocycles. The predicted molar refractivity (Wildman–Crippen MR) is 76.1 cm³/mol. The summed E-state index contributed by atoms with van der Waals surface area (Å²) in [4.78, 5) is 13.2. The van der Waals surface area contributed by atoms with Crippen LogP contribution in [-0.4, -0.2) is 28.4 Å². The van der Waals surface area contributed by atoms with E-state index < -0.39 is 11.1 Å². The molecule has 1 rings (SSSR count). The van der Waals surface area contributed by atoms with E-state index in [1.54, 1.807) is 51.6 Å². The number of carbonyl (C=O) groups is 1. The number of nitrogens with one attached hydrogen (secondary N) is 1. The van der Waals surface area contributed by atoms with Gasteiger partial charge >= 0.3 is 0 Å². The van der Waals surface area contributed by atoms with Gasteiger partial charge in [0.25, 0.3) is 5.91 Å². The van der Waals surface area contributed by atoms with Crippen LogP contribution in [0.2, 0.25) is 0 Å². The number of rotatable bonds is 4. The maximum absolute atomic E-state index is 12.1. The predicted octanol–water partition coefficient (Wildman–Crippen LogP) is 2.69. The van der Waals surface area contributed by atoms with E-state index in [-0.39, 0.29) is 5.91 Å². The van der Waals surface area contributed by atoms with Crippen LogP contribution in [0.15, 0.2) is 29.2 Å². The molecular formula is C14H21NO2S. The highest BCUT2D eigenvalue weighted by Gasteiger charge is 2.36. The Morgan fingerprint density at radius 3 is 2.06 bits per heavy atom. The van der Waals surface area contributed by atoms with Crippen molar-refractivity contribution in [2.75, 3.05) is 6.26 Å². The molecule has 0 aliphatic carbocycles. The summed E-state index contributed by atoms with van der Waals surface area (Å²) in [6.07, 6.45) is 1.99. The first-order valence-electron chi connectivity index (χ1n) is 5.86. The average molecular weight is 267 g/mol. The van der Waals surface area contributed by atoms with Gasteiger partial charge in [-0.25, -0.2) is 0 Å². The molecule has 0 spiro atoms. The molecule has 0 heterocycles. The van der Waals surface area contributed by atoms with E-state index >= 15 is 0 Å². The maximum atomic E-state index is 12.1. The molecule has 2 N–H and O–H groups in total. The molecule has 1 aromatic carbocycles. The molecule has 0 fully saturated rings. The fraction of sp³-hybridized carbons (Fsp3) is 0.500. The van der Waals surface area contributed by atoms with Gasteiger partial charge in [-0.2, -0.15) is 0 Å². The van der Waals surface area contributed by atoms with Crippen LogP contribution in [0.5, 0.6) is 0 Å². The first-order chi connectivity index (χ1) is 8.17. The van der Waals surface area contributed by atoms with Gasteiger partial charge in [-0.1, -0.05) is 0 Å². The Morgan fingerprint density at radius 2 is 1.67 bits per heavy atom. The third-order valence-corrected chi connectivity index (χ3v) is 4.05.